The third-order valence-electron chi connectivity index (χ3n) is 3.43. The molecule has 21 heavy (non-hydrogen) atoms. The van der Waals surface area contributed by atoms with Gasteiger partial charge in [-0.25, -0.2) is 4.57 Å². The minimum Gasteiger partial charge on any atom is -0.331 e. The van der Waals surface area contributed by atoms with E-state index in [0.717, 1.165) is 11.0 Å². The van der Waals surface area contributed by atoms with Crippen LogP contribution < -0.4 is 4.57 Å². The van der Waals surface area contributed by atoms with Gasteiger partial charge in [0.05, 0.1) is 34.1 Å². The van der Waals surface area contributed by atoms with Crippen LogP contribution in [0.15, 0.2) is 54.9 Å². The highest BCUT2D eigenvalue weighted by Gasteiger charge is 2.08. The van der Waals surface area contributed by atoms with Crippen molar-refractivity contribution in [3.8, 4) is 0 Å². The van der Waals surface area contributed by atoms with Gasteiger partial charge in [0.25, 0.3) is 0 Å². The predicted molar refractivity (Wildman–Crippen MR) is 89.5 cm³/mol. The number of hydrogen-bond acceptors (Lipinski definition) is 0. The standard InChI is InChI=1S/C19H26N2/c1-21(2,3)17-7-14-20-15-12-19(13-16-20)11-10-18-8-5-4-6-9-18/h4-6,8-13,15-16H,7,14,17H2,1-3H3/q+2/b11-10+. The first kappa shape index (κ1) is 15.5. The highest BCUT2D eigenvalue weighted by atomic mass is 15.3. The second kappa shape index (κ2) is 7.19. The van der Waals surface area contributed by atoms with Gasteiger partial charge in [0, 0.05) is 12.1 Å². The number of quaternary nitrogens is 1. The van der Waals surface area contributed by atoms with Gasteiger partial charge in [-0.2, -0.15) is 0 Å². The van der Waals surface area contributed by atoms with Crippen molar-refractivity contribution in [3.05, 3.63) is 66.0 Å². The fourth-order valence-electron chi connectivity index (χ4n) is 2.21. The highest BCUT2D eigenvalue weighted by molar-refractivity contribution is 5.68. The van der Waals surface area contributed by atoms with Crippen molar-refractivity contribution in [1.29, 1.82) is 0 Å². The Morgan fingerprint density at radius 3 is 2.00 bits per heavy atom. The van der Waals surface area contributed by atoms with Crippen LogP contribution in [0.3, 0.4) is 0 Å². The van der Waals surface area contributed by atoms with Crippen LogP contribution in [0.5, 0.6) is 0 Å². The normalized spacial score (nSPS) is 12.0. The number of aryl methyl sites for hydroxylation is 1. The first-order chi connectivity index (χ1) is 10.0. The largest absolute Gasteiger partial charge is 0.331 e. The molecule has 0 aliphatic carbocycles. The van der Waals surface area contributed by atoms with E-state index in [-0.39, 0.29) is 0 Å². The summed E-state index contributed by atoms with van der Waals surface area (Å²) in [6.07, 6.45) is 9.84. The van der Waals surface area contributed by atoms with E-state index in [4.69, 9.17) is 0 Å². The van der Waals surface area contributed by atoms with Crippen molar-refractivity contribution in [2.75, 3.05) is 27.7 Å². The molecule has 1 heterocycles. The summed E-state index contributed by atoms with van der Waals surface area (Å²) < 4.78 is 3.29. The first-order valence-electron chi connectivity index (χ1n) is 7.56. The Labute approximate surface area is 128 Å². The summed E-state index contributed by atoms with van der Waals surface area (Å²) in [7, 11) is 6.71. The molecule has 0 N–H and O–H groups in total. The van der Waals surface area contributed by atoms with Gasteiger partial charge >= 0.3 is 0 Å². The molecule has 0 aliphatic heterocycles. The van der Waals surface area contributed by atoms with Gasteiger partial charge in [-0.1, -0.05) is 42.5 Å². The fourth-order valence-corrected chi connectivity index (χ4v) is 2.21. The molecular formula is C19H26N2+2. The minimum atomic E-state index is 1.03. The average molecular weight is 282 g/mol. The van der Waals surface area contributed by atoms with Crippen molar-refractivity contribution in [1.82, 2.24) is 0 Å². The van der Waals surface area contributed by atoms with Crippen LogP contribution in [0.1, 0.15) is 17.5 Å². The second-order valence-corrected chi connectivity index (χ2v) is 6.48. The van der Waals surface area contributed by atoms with Crippen LogP contribution in [0, 0.1) is 0 Å². The van der Waals surface area contributed by atoms with Crippen LogP contribution in [-0.4, -0.2) is 32.2 Å². The number of benzene rings is 1. The maximum absolute atomic E-state index is 2.26. The highest BCUT2D eigenvalue weighted by Crippen LogP contribution is 2.06. The molecule has 0 amide bonds. The molecule has 2 heteroatoms. The van der Waals surface area contributed by atoms with Gasteiger partial charge in [0.1, 0.15) is 0 Å². The lowest BCUT2D eigenvalue weighted by atomic mass is 10.1. The number of hydrogen-bond donors (Lipinski definition) is 0. The molecule has 110 valence electrons. The van der Waals surface area contributed by atoms with Crippen LogP contribution in [0.2, 0.25) is 0 Å². The van der Waals surface area contributed by atoms with Gasteiger partial charge in [0.2, 0.25) is 0 Å². The molecule has 0 fully saturated rings. The number of rotatable bonds is 6. The van der Waals surface area contributed by atoms with E-state index in [1.54, 1.807) is 0 Å². The van der Waals surface area contributed by atoms with Crippen molar-refractivity contribution in [3.63, 3.8) is 0 Å². The molecule has 0 saturated carbocycles. The van der Waals surface area contributed by atoms with Gasteiger partial charge in [0.15, 0.2) is 18.9 Å². The summed E-state index contributed by atoms with van der Waals surface area (Å²) in [4.78, 5) is 0. The van der Waals surface area contributed by atoms with Gasteiger partial charge in [-0.15, -0.1) is 0 Å². The Hall–Kier alpha value is -1.93. The minimum absolute atomic E-state index is 1.03. The van der Waals surface area contributed by atoms with Gasteiger partial charge in [-0.05, 0) is 11.1 Å². The Morgan fingerprint density at radius 2 is 1.43 bits per heavy atom. The summed E-state index contributed by atoms with van der Waals surface area (Å²) >= 11 is 0. The van der Waals surface area contributed by atoms with Gasteiger partial charge in [-0.3, -0.25) is 0 Å². The van der Waals surface area contributed by atoms with E-state index < -0.39 is 0 Å². The molecule has 0 atom stereocenters. The summed E-state index contributed by atoms with van der Waals surface area (Å²) in [5, 5.41) is 0. The molecular weight excluding hydrogens is 256 g/mol. The van der Waals surface area contributed by atoms with E-state index in [0.29, 0.717) is 0 Å². The van der Waals surface area contributed by atoms with Gasteiger partial charge < -0.3 is 4.48 Å². The molecule has 2 aromatic rings. The zero-order chi connectivity index (χ0) is 15.1. The summed E-state index contributed by atoms with van der Waals surface area (Å²) in [6, 6.07) is 14.7. The number of aromatic nitrogens is 1. The van der Waals surface area contributed by atoms with Crippen LogP contribution >= 0.6 is 0 Å². The summed E-state index contributed by atoms with van der Waals surface area (Å²) in [5.74, 6) is 0. The fraction of sp³-hybridized carbons (Fsp3) is 0.316. The quantitative estimate of drug-likeness (QED) is 0.566. The van der Waals surface area contributed by atoms with Crippen LogP contribution in [-0.2, 0) is 6.54 Å². The van der Waals surface area contributed by atoms with E-state index in [1.165, 1.54) is 24.1 Å². The van der Waals surface area contributed by atoms with E-state index >= 15 is 0 Å². The molecule has 0 radical (unpaired) electrons. The maximum Gasteiger partial charge on any atom is 0.169 e. The Morgan fingerprint density at radius 1 is 0.857 bits per heavy atom. The van der Waals surface area contributed by atoms with Crippen molar-refractivity contribution in [2.24, 2.45) is 0 Å². The zero-order valence-corrected chi connectivity index (χ0v) is 13.4. The average Bonchev–Trinajstić information content (AvgIpc) is 2.46. The van der Waals surface area contributed by atoms with Crippen molar-refractivity contribution in [2.45, 2.75) is 13.0 Å². The molecule has 0 bridgehead atoms. The van der Waals surface area contributed by atoms with E-state index in [9.17, 15) is 0 Å². The lowest BCUT2D eigenvalue weighted by Gasteiger charge is -2.22. The molecule has 0 aliphatic rings. The molecule has 0 unspecified atom stereocenters. The van der Waals surface area contributed by atoms with E-state index in [1.807, 2.05) is 6.07 Å². The maximum atomic E-state index is 2.26. The van der Waals surface area contributed by atoms with E-state index in [2.05, 4.69) is 86.7 Å². The predicted octanol–water partition coefficient (Wildman–Crippen LogP) is 3.24. The smallest absolute Gasteiger partial charge is 0.169 e. The van der Waals surface area contributed by atoms with Crippen LogP contribution in [0.25, 0.3) is 12.2 Å². The first-order valence-corrected chi connectivity index (χ1v) is 7.56. The summed E-state index contributed by atoms with van der Waals surface area (Å²) in [6.45, 7) is 2.28. The lowest BCUT2D eigenvalue weighted by molar-refractivity contribution is -0.873. The summed E-state index contributed by atoms with van der Waals surface area (Å²) in [5.41, 5.74) is 2.47. The number of pyridine rings is 1. The third-order valence-corrected chi connectivity index (χ3v) is 3.43. The molecule has 2 nitrogen and oxygen atoms in total. The molecule has 0 spiro atoms. The SMILES string of the molecule is C[N+](C)(C)CCC[n+]1ccc(/C=C/c2ccccc2)cc1. The Kier molecular flexibility index (Phi) is 5.29. The van der Waals surface area contributed by atoms with Crippen LogP contribution in [0.4, 0.5) is 0 Å². The molecule has 1 aromatic heterocycles. The third kappa shape index (κ3) is 5.92. The molecule has 2 rings (SSSR count). The topological polar surface area (TPSA) is 3.88 Å². The lowest BCUT2D eigenvalue weighted by Crippen LogP contribution is -2.39. The second-order valence-electron chi connectivity index (χ2n) is 6.48. The zero-order valence-electron chi connectivity index (χ0n) is 13.4. The molecule has 0 saturated heterocycles. The van der Waals surface area contributed by atoms with Crippen molar-refractivity contribution >= 4 is 12.2 Å². The Bertz CT molecular complexity index is 563. The Balaban J connectivity index is 1.89. The number of nitrogens with zero attached hydrogens (tertiary/aromatic N) is 2. The monoisotopic (exact) mass is 282 g/mol. The molecule has 1 aromatic carbocycles. The van der Waals surface area contributed by atoms with Crippen molar-refractivity contribution < 1.29 is 9.05 Å².